The summed E-state index contributed by atoms with van der Waals surface area (Å²) in [6.45, 7) is 4.84. The van der Waals surface area contributed by atoms with E-state index < -0.39 is 0 Å². The molecule has 1 aromatic rings. The van der Waals surface area contributed by atoms with Gasteiger partial charge in [-0.05, 0) is 31.0 Å². The molecule has 1 aliphatic rings. The molecule has 21 heavy (non-hydrogen) atoms. The standard InChI is InChI=1S/C16H25N3O2/c1-12-7-9-19(11-13(12)17)10-8-16(20)18-14-5-3-4-6-15(14)21-2/h3-6,12-13H,7-11,17H2,1-2H3,(H,18,20). The number of nitrogens with one attached hydrogen (secondary N) is 1. The minimum Gasteiger partial charge on any atom is -0.495 e. The molecule has 2 atom stereocenters. The summed E-state index contributed by atoms with van der Waals surface area (Å²) >= 11 is 0. The van der Waals surface area contributed by atoms with E-state index in [2.05, 4.69) is 17.1 Å². The molecule has 0 aliphatic carbocycles. The first kappa shape index (κ1) is 15.8. The van der Waals surface area contributed by atoms with Gasteiger partial charge in [-0.3, -0.25) is 4.79 Å². The molecule has 2 unspecified atom stereocenters. The lowest BCUT2D eigenvalue weighted by Crippen LogP contribution is -2.48. The minimum absolute atomic E-state index is 0.00620. The first-order valence-corrected chi connectivity index (χ1v) is 7.51. The van der Waals surface area contributed by atoms with Crippen molar-refractivity contribution in [1.29, 1.82) is 0 Å². The van der Waals surface area contributed by atoms with Gasteiger partial charge in [0.05, 0.1) is 12.8 Å². The van der Waals surface area contributed by atoms with Crippen LogP contribution >= 0.6 is 0 Å². The van der Waals surface area contributed by atoms with Gasteiger partial charge in [-0.1, -0.05) is 19.1 Å². The SMILES string of the molecule is COc1ccccc1NC(=O)CCN1CCC(C)C(N)C1. The van der Waals surface area contributed by atoms with Crippen LogP contribution in [0.1, 0.15) is 19.8 Å². The van der Waals surface area contributed by atoms with Gasteiger partial charge < -0.3 is 20.7 Å². The molecular formula is C16H25N3O2. The Balaban J connectivity index is 1.80. The highest BCUT2D eigenvalue weighted by atomic mass is 16.5. The topological polar surface area (TPSA) is 67.6 Å². The molecule has 1 aromatic carbocycles. The highest BCUT2D eigenvalue weighted by Gasteiger charge is 2.23. The molecular weight excluding hydrogens is 266 g/mol. The Morgan fingerprint density at radius 3 is 2.95 bits per heavy atom. The van der Waals surface area contributed by atoms with Crippen molar-refractivity contribution in [2.24, 2.45) is 11.7 Å². The second kappa shape index (κ2) is 7.43. The molecule has 0 aromatic heterocycles. The first-order valence-electron chi connectivity index (χ1n) is 7.51. The highest BCUT2D eigenvalue weighted by Crippen LogP contribution is 2.23. The smallest absolute Gasteiger partial charge is 0.225 e. The fourth-order valence-corrected chi connectivity index (χ4v) is 2.59. The minimum atomic E-state index is 0.00620. The lowest BCUT2D eigenvalue weighted by molar-refractivity contribution is -0.116. The first-order chi connectivity index (χ1) is 10.1. The number of carbonyl (C=O) groups is 1. The molecule has 1 aliphatic heterocycles. The number of nitrogens with two attached hydrogens (primary N) is 1. The zero-order valence-corrected chi connectivity index (χ0v) is 12.8. The van der Waals surface area contributed by atoms with Crippen LogP contribution in [0, 0.1) is 5.92 Å². The molecule has 5 nitrogen and oxygen atoms in total. The largest absolute Gasteiger partial charge is 0.495 e. The number of benzene rings is 1. The van der Waals surface area contributed by atoms with E-state index in [9.17, 15) is 4.79 Å². The van der Waals surface area contributed by atoms with Crippen LogP contribution in [0.3, 0.4) is 0 Å². The van der Waals surface area contributed by atoms with Gasteiger partial charge in [0.25, 0.3) is 0 Å². The highest BCUT2D eigenvalue weighted by molar-refractivity contribution is 5.92. The van der Waals surface area contributed by atoms with E-state index in [0.717, 1.165) is 26.1 Å². The van der Waals surface area contributed by atoms with Crippen LogP contribution in [0.5, 0.6) is 5.75 Å². The molecule has 1 amide bonds. The number of hydrogen-bond acceptors (Lipinski definition) is 4. The van der Waals surface area contributed by atoms with Crippen molar-refractivity contribution in [3.63, 3.8) is 0 Å². The summed E-state index contributed by atoms with van der Waals surface area (Å²) in [5, 5.41) is 2.90. The summed E-state index contributed by atoms with van der Waals surface area (Å²) in [6, 6.07) is 7.65. The van der Waals surface area contributed by atoms with E-state index in [1.807, 2.05) is 24.3 Å². The summed E-state index contributed by atoms with van der Waals surface area (Å²) in [4.78, 5) is 14.3. The van der Waals surface area contributed by atoms with Gasteiger partial charge in [0.2, 0.25) is 5.91 Å². The maximum Gasteiger partial charge on any atom is 0.225 e. The predicted octanol–water partition coefficient (Wildman–Crippen LogP) is 1.69. The lowest BCUT2D eigenvalue weighted by Gasteiger charge is -2.34. The summed E-state index contributed by atoms with van der Waals surface area (Å²) < 4.78 is 5.22. The third kappa shape index (κ3) is 4.44. The van der Waals surface area contributed by atoms with Crippen LogP contribution in [0.4, 0.5) is 5.69 Å². The van der Waals surface area contributed by atoms with Gasteiger partial charge >= 0.3 is 0 Å². The van der Waals surface area contributed by atoms with E-state index in [4.69, 9.17) is 10.5 Å². The molecule has 0 bridgehead atoms. The number of likely N-dealkylation sites (tertiary alicyclic amines) is 1. The van der Waals surface area contributed by atoms with E-state index in [0.29, 0.717) is 23.8 Å². The zero-order chi connectivity index (χ0) is 15.2. The Morgan fingerprint density at radius 2 is 2.24 bits per heavy atom. The second-order valence-electron chi connectivity index (χ2n) is 5.73. The average molecular weight is 291 g/mol. The summed E-state index contributed by atoms with van der Waals surface area (Å²) in [7, 11) is 1.60. The Kier molecular flexibility index (Phi) is 5.59. The molecule has 1 fully saturated rings. The number of nitrogens with zero attached hydrogens (tertiary/aromatic N) is 1. The molecule has 0 saturated carbocycles. The normalized spacial score (nSPS) is 22.8. The monoisotopic (exact) mass is 291 g/mol. The van der Waals surface area contributed by atoms with Crippen molar-refractivity contribution >= 4 is 11.6 Å². The number of ether oxygens (including phenoxy) is 1. The Hall–Kier alpha value is -1.59. The van der Waals surface area contributed by atoms with Gasteiger partial charge in [0.15, 0.2) is 0 Å². The van der Waals surface area contributed by atoms with E-state index in [-0.39, 0.29) is 11.9 Å². The molecule has 3 N–H and O–H groups in total. The van der Waals surface area contributed by atoms with Gasteiger partial charge in [0.1, 0.15) is 5.75 Å². The number of rotatable bonds is 5. The van der Waals surface area contributed by atoms with Crippen molar-refractivity contribution in [2.75, 3.05) is 32.1 Å². The van der Waals surface area contributed by atoms with Crippen molar-refractivity contribution in [3.05, 3.63) is 24.3 Å². The number of carbonyl (C=O) groups excluding carboxylic acids is 1. The van der Waals surface area contributed by atoms with Gasteiger partial charge in [-0.25, -0.2) is 0 Å². The molecule has 2 rings (SSSR count). The van der Waals surface area contributed by atoms with Crippen molar-refractivity contribution in [1.82, 2.24) is 4.90 Å². The summed E-state index contributed by atoms with van der Waals surface area (Å²) in [5.41, 5.74) is 6.79. The van der Waals surface area contributed by atoms with Crippen molar-refractivity contribution in [2.45, 2.75) is 25.8 Å². The second-order valence-corrected chi connectivity index (χ2v) is 5.73. The summed E-state index contributed by atoms with van der Waals surface area (Å²) in [6.07, 6.45) is 1.58. The number of para-hydroxylation sites is 2. The fraction of sp³-hybridized carbons (Fsp3) is 0.562. The molecule has 1 heterocycles. The molecule has 0 radical (unpaired) electrons. The van der Waals surface area contributed by atoms with Crippen LogP contribution in [0.25, 0.3) is 0 Å². The zero-order valence-electron chi connectivity index (χ0n) is 12.8. The Bertz CT molecular complexity index is 478. The lowest BCUT2D eigenvalue weighted by atomic mass is 9.94. The fourth-order valence-electron chi connectivity index (χ4n) is 2.59. The molecule has 5 heteroatoms. The maximum atomic E-state index is 12.0. The quantitative estimate of drug-likeness (QED) is 0.866. The number of hydrogen-bond donors (Lipinski definition) is 2. The van der Waals surface area contributed by atoms with Gasteiger partial charge in [-0.2, -0.15) is 0 Å². The molecule has 1 saturated heterocycles. The third-order valence-corrected chi connectivity index (χ3v) is 4.14. The number of piperidine rings is 1. The Morgan fingerprint density at radius 1 is 1.48 bits per heavy atom. The number of methoxy groups -OCH3 is 1. The van der Waals surface area contributed by atoms with E-state index >= 15 is 0 Å². The van der Waals surface area contributed by atoms with E-state index in [1.54, 1.807) is 7.11 Å². The number of amides is 1. The van der Waals surface area contributed by atoms with Crippen LogP contribution < -0.4 is 15.8 Å². The van der Waals surface area contributed by atoms with Crippen molar-refractivity contribution < 1.29 is 9.53 Å². The number of anilines is 1. The Labute approximate surface area is 126 Å². The van der Waals surface area contributed by atoms with Crippen molar-refractivity contribution in [3.8, 4) is 5.75 Å². The molecule has 116 valence electrons. The van der Waals surface area contributed by atoms with Gasteiger partial charge in [-0.15, -0.1) is 0 Å². The van der Waals surface area contributed by atoms with Crippen LogP contribution in [0.2, 0.25) is 0 Å². The van der Waals surface area contributed by atoms with Gasteiger partial charge in [0, 0.05) is 25.6 Å². The predicted molar refractivity (Wildman–Crippen MR) is 84.4 cm³/mol. The van der Waals surface area contributed by atoms with E-state index in [1.165, 1.54) is 0 Å². The average Bonchev–Trinajstić information content (AvgIpc) is 2.49. The van der Waals surface area contributed by atoms with Crippen LogP contribution in [-0.2, 0) is 4.79 Å². The van der Waals surface area contributed by atoms with Crippen LogP contribution in [-0.4, -0.2) is 43.6 Å². The summed E-state index contributed by atoms with van der Waals surface area (Å²) in [5.74, 6) is 1.26. The maximum absolute atomic E-state index is 12.0. The molecule has 0 spiro atoms. The van der Waals surface area contributed by atoms with Crippen LogP contribution in [0.15, 0.2) is 24.3 Å². The third-order valence-electron chi connectivity index (χ3n) is 4.14.